The van der Waals surface area contributed by atoms with Gasteiger partial charge in [-0.2, -0.15) is 0 Å². The first-order valence-corrected chi connectivity index (χ1v) is 7.42. The molecule has 1 aromatic rings. The summed E-state index contributed by atoms with van der Waals surface area (Å²) in [5.74, 6) is 1.93. The third kappa shape index (κ3) is 4.93. The van der Waals surface area contributed by atoms with Crippen LogP contribution in [0.1, 0.15) is 19.8 Å². The number of likely N-dealkylation sites (N-methyl/N-ethyl adjacent to an activating group) is 1. The van der Waals surface area contributed by atoms with Crippen LogP contribution in [0.2, 0.25) is 0 Å². The number of anilines is 1. The van der Waals surface area contributed by atoms with Crippen LogP contribution in [0.25, 0.3) is 0 Å². The molecule has 1 saturated heterocycles. The lowest BCUT2D eigenvalue weighted by Gasteiger charge is -2.35. The van der Waals surface area contributed by atoms with Crippen molar-refractivity contribution in [1.29, 1.82) is 0 Å². The Morgan fingerprint density at radius 3 is 2.65 bits per heavy atom. The van der Waals surface area contributed by atoms with E-state index in [9.17, 15) is 0 Å². The van der Waals surface area contributed by atoms with Crippen LogP contribution < -0.4 is 10.6 Å². The molecule has 5 heteroatoms. The Hall–Kier alpha value is -0.840. The number of pyridine rings is 1. The fourth-order valence-corrected chi connectivity index (χ4v) is 2.81. The standard InChI is InChI=1S/C15H26N4.ClH/c1-2-18(12-8-16)13-14-6-10-19(11-7-14)15-5-3-4-9-17-15;/h3-5,9,14H,2,6-8,10-13,16H2,1H3;1H. The van der Waals surface area contributed by atoms with E-state index >= 15 is 0 Å². The third-order valence-electron chi connectivity index (χ3n) is 4.00. The van der Waals surface area contributed by atoms with E-state index in [1.807, 2.05) is 12.3 Å². The Balaban J connectivity index is 0.00000200. The van der Waals surface area contributed by atoms with Gasteiger partial charge in [0.2, 0.25) is 0 Å². The van der Waals surface area contributed by atoms with Crippen LogP contribution >= 0.6 is 12.4 Å². The van der Waals surface area contributed by atoms with Gasteiger partial charge in [-0.1, -0.05) is 13.0 Å². The summed E-state index contributed by atoms with van der Waals surface area (Å²) in [5.41, 5.74) is 5.65. The SMILES string of the molecule is CCN(CCN)CC1CCN(c2ccccn2)CC1.Cl. The fraction of sp³-hybridized carbons (Fsp3) is 0.667. The first kappa shape index (κ1) is 17.2. The van der Waals surface area contributed by atoms with E-state index < -0.39 is 0 Å². The molecule has 1 aliphatic heterocycles. The zero-order chi connectivity index (χ0) is 13.5. The molecule has 1 aromatic heterocycles. The van der Waals surface area contributed by atoms with Gasteiger partial charge in [-0.25, -0.2) is 4.98 Å². The summed E-state index contributed by atoms with van der Waals surface area (Å²) in [6.45, 7) is 8.57. The van der Waals surface area contributed by atoms with Crippen LogP contribution in [-0.2, 0) is 0 Å². The minimum Gasteiger partial charge on any atom is -0.357 e. The van der Waals surface area contributed by atoms with Gasteiger partial charge < -0.3 is 15.5 Å². The highest BCUT2D eigenvalue weighted by Crippen LogP contribution is 2.22. The van der Waals surface area contributed by atoms with Crippen molar-refractivity contribution in [3.05, 3.63) is 24.4 Å². The molecule has 1 fully saturated rings. The van der Waals surface area contributed by atoms with Gasteiger partial charge in [0.1, 0.15) is 5.82 Å². The molecule has 0 unspecified atom stereocenters. The number of aromatic nitrogens is 1. The van der Waals surface area contributed by atoms with Crippen molar-refractivity contribution >= 4 is 18.2 Å². The van der Waals surface area contributed by atoms with Gasteiger partial charge in [0.25, 0.3) is 0 Å². The average molecular weight is 299 g/mol. The number of nitrogens with zero attached hydrogens (tertiary/aromatic N) is 3. The van der Waals surface area contributed by atoms with Crippen LogP contribution in [0.5, 0.6) is 0 Å². The molecule has 0 spiro atoms. The van der Waals surface area contributed by atoms with Crippen molar-refractivity contribution in [3.8, 4) is 0 Å². The van der Waals surface area contributed by atoms with Crippen molar-refractivity contribution in [2.24, 2.45) is 11.7 Å². The van der Waals surface area contributed by atoms with E-state index in [1.54, 1.807) is 0 Å². The Kier molecular flexibility index (Phi) is 7.88. The van der Waals surface area contributed by atoms with Crippen molar-refractivity contribution in [1.82, 2.24) is 9.88 Å². The summed E-state index contributed by atoms with van der Waals surface area (Å²) in [6, 6.07) is 6.14. The fourth-order valence-electron chi connectivity index (χ4n) is 2.81. The summed E-state index contributed by atoms with van der Waals surface area (Å²) in [6.07, 6.45) is 4.40. The van der Waals surface area contributed by atoms with E-state index in [0.717, 1.165) is 44.5 Å². The van der Waals surface area contributed by atoms with Gasteiger partial charge in [-0.15, -0.1) is 12.4 Å². The number of piperidine rings is 1. The molecule has 0 atom stereocenters. The molecular formula is C15H27ClN4. The monoisotopic (exact) mass is 298 g/mol. The average Bonchev–Trinajstić information content (AvgIpc) is 2.48. The van der Waals surface area contributed by atoms with Crippen molar-refractivity contribution in [2.75, 3.05) is 44.2 Å². The van der Waals surface area contributed by atoms with Crippen LogP contribution in [0.4, 0.5) is 5.82 Å². The molecule has 2 rings (SSSR count). The number of rotatable bonds is 6. The molecule has 1 aliphatic rings. The predicted octanol–water partition coefficient (Wildman–Crippen LogP) is 2.00. The van der Waals surface area contributed by atoms with Gasteiger partial charge >= 0.3 is 0 Å². The van der Waals surface area contributed by atoms with Gasteiger partial charge in [0.05, 0.1) is 0 Å². The van der Waals surface area contributed by atoms with Gasteiger partial charge in [0, 0.05) is 38.9 Å². The number of hydrogen-bond acceptors (Lipinski definition) is 4. The summed E-state index contributed by atoms with van der Waals surface area (Å²) in [7, 11) is 0. The minimum absolute atomic E-state index is 0. The largest absolute Gasteiger partial charge is 0.357 e. The van der Waals surface area contributed by atoms with Gasteiger partial charge in [0.15, 0.2) is 0 Å². The number of hydrogen-bond donors (Lipinski definition) is 1. The Labute approximate surface area is 128 Å². The molecule has 0 bridgehead atoms. The maximum absolute atomic E-state index is 5.65. The summed E-state index contributed by atoms with van der Waals surface area (Å²) in [5, 5.41) is 0. The molecule has 0 amide bonds. The second-order valence-electron chi connectivity index (χ2n) is 5.30. The first-order valence-electron chi connectivity index (χ1n) is 7.42. The van der Waals surface area contributed by atoms with E-state index in [1.165, 1.54) is 19.4 Å². The topological polar surface area (TPSA) is 45.4 Å². The zero-order valence-corrected chi connectivity index (χ0v) is 13.2. The summed E-state index contributed by atoms with van der Waals surface area (Å²) in [4.78, 5) is 9.30. The lowest BCUT2D eigenvalue weighted by Crippen LogP contribution is -2.40. The lowest BCUT2D eigenvalue weighted by atomic mass is 9.96. The molecule has 0 aliphatic carbocycles. The Morgan fingerprint density at radius 1 is 1.35 bits per heavy atom. The molecule has 20 heavy (non-hydrogen) atoms. The number of nitrogens with two attached hydrogens (primary N) is 1. The van der Waals surface area contributed by atoms with Crippen molar-refractivity contribution in [2.45, 2.75) is 19.8 Å². The van der Waals surface area contributed by atoms with E-state index in [2.05, 4.69) is 33.8 Å². The van der Waals surface area contributed by atoms with Gasteiger partial charge in [-0.3, -0.25) is 0 Å². The molecule has 4 nitrogen and oxygen atoms in total. The first-order chi connectivity index (χ1) is 9.33. The zero-order valence-electron chi connectivity index (χ0n) is 12.4. The second-order valence-corrected chi connectivity index (χ2v) is 5.30. The summed E-state index contributed by atoms with van der Waals surface area (Å²) < 4.78 is 0. The maximum Gasteiger partial charge on any atom is 0.128 e. The lowest BCUT2D eigenvalue weighted by molar-refractivity contribution is 0.224. The predicted molar refractivity (Wildman–Crippen MR) is 87.6 cm³/mol. The quantitative estimate of drug-likeness (QED) is 0.872. The van der Waals surface area contributed by atoms with Crippen molar-refractivity contribution in [3.63, 3.8) is 0 Å². The van der Waals surface area contributed by atoms with Crippen molar-refractivity contribution < 1.29 is 0 Å². The highest BCUT2D eigenvalue weighted by atomic mass is 35.5. The molecule has 0 saturated carbocycles. The molecular weight excluding hydrogens is 272 g/mol. The summed E-state index contributed by atoms with van der Waals surface area (Å²) >= 11 is 0. The van der Waals surface area contributed by atoms with Crippen LogP contribution in [0.3, 0.4) is 0 Å². The Bertz CT molecular complexity index is 352. The van der Waals surface area contributed by atoms with Gasteiger partial charge in [-0.05, 0) is 37.4 Å². The molecule has 2 N–H and O–H groups in total. The van der Waals surface area contributed by atoms with E-state index in [-0.39, 0.29) is 12.4 Å². The van der Waals surface area contributed by atoms with E-state index in [0.29, 0.717) is 0 Å². The molecule has 0 aromatic carbocycles. The molecule has 0 radical (unpaired) electrons. The highest BCUT2D eigenvalue weighted by Gasteiger charge is 2.21. The minimum atomic E-state index is 0. The van der Waals surface area contributed by atoms with E-state index in [4.69, 9.17) is 5.73 Å². The number of halogens is 1. The maximum atomic E-state index is 5.65. The molecule has 2 heterocycles. The Morgan fingerprint density at radius 2 is 2.10 bits per heavy atom. The van der Waals surface area contributed by atoms with Crippen LogP contribution in [-0.4, -0.2) is 49.2 Å². The van der Waals surface area contributed by atoms with Crippen LogP contribution in [0, 0.1) is 5.92 Å². The highest BCUT2D eigenvalue weighted by molar-refractivity contribution is 5.85. The second kappa shape index (κ2) is 9.16. The van der Waals surface area contributed by atoms with Crippen LogP contribution in [0.15, 0.2) is 24.4 Å². The smallest absolute Gasteiger partial charge is 0.128 e. The normalized spacial score (nSPS) is 16.2. The molecule has 114 valence electrons. The third-order valence-corrected chi connectivity index (χ3v) is 4.00.